The molecule has 134 valence electrons. The second-order valence-corrected chi connectivity index (χ2v) is 8.63. The minimum absolute atomic E-state index is 0.0297. The second-order valence-electron chi connectivity index (χ2n) is 6.39. The van der Waals surface area contributed by atoms with Crippen molar-refractivity contribution in [2.75, 3.05) is 24.5 Å². The largest absolute Gasteiger partial charge is 0.372 e. The lowest BCUT2D eigenvalue weighted by atomic mass is 10.1. The predicted octanol–water partition coefficient (Wildman–Crippen LogP) is 3.60. The molecule has 0 saturated carbocycles. The molecule has 1 aliphatic rings. The Balaban J connectivity index is 1.48. The Morgan fingerprint density at radius 1 is 0.920 bits per heavy atom. The van der Waals surface area contributed by atoms with Gasteiger partial charge in [0.1, 0.15) is 0 Å². The van der Waals surface area contributed by atoms with Crippen molar-refractivity contribution in [2.24, 2.45) is 0 Å². The van der Waals surface area contributed by atoms with Crippen molar-refractivity contribution < 1.29 is 8.42 Å². The van der Waals surface area contributed by atoms with Crippen molar-refractivity contribution >= 4 is 27.3 Å². The van der Waals surface area contributed by atoms with Crippen LogP contribution in [0.1, 0.15) is 24.0 Å². The molecule has 0 radical (unpaired) electrons. The third-order valence-corrected chi connectivity index (χ3v) is 6.02. The number of nitrogens with zero attached hydrogens (tertiary/aromatic N) is 1. The zero-order chi connectivity index (χ0) is 17.7. The summed E-state index contributed by atoms with van der Waals surface area (Å²) in [5.41, 5.74) is 3.12. The van der Waals surface area contributed by atoms with Gasteiger partial charge >= 0.3 is 0 Å². The average Bonchev–Trinajstić information content (AvgIpc) is 3.12. The molecule has 0 atom stereocenters. The predicted molar refractivity (Wildman–Crippen MR) is 104 cm³/mol. The van der Waals surface area contributed by atoms with Crippen molar-refractivity contribution in [3.63, 3.8) is 0 Å². The second kappa shape index (κ2) is 8.21. The first kappa shape index (κ1) is 18.2. The Kier molecular flexibility index (Phi) is 5.99. The standard InChI is InChI=1S/C19H23ClN2O2S/c20-18-7-3-17(4-8-18)15-25(23,24)21-12-11-16-5-9-19(10-6-16)22-13-1-2-14-22/h3-10,21H,1-2,11-15H2. The molecule has 1 N–H and O–H groups in total. The summed E-state index contributed by atoms with van der Waals surface area (Å²) in [7, 11) is -3.34. The molecular weight excluding hydrogens is 356 g/mol. The number of anilines is 1. The van der Waals surface area contributed by atoms with Crippen LogP contribution in [0, 0.1) is 0 Å². The van der Waals surface area contributed by atoms with E-state index in [0.29, 0.717) is 18.0 Å². The van der Waals surface area contributed by atoms with Gasteiger partial charge < -0.3 is 4.90 Å². The molecule has 2 aromatic rings. The van der Waals surface area contributed by atoms with Gasteiger partial charge in [-0.05, 0) is 54.7 Å². The third-order valence-electron chi connectivity index (χ3n) is 4.41. The van der Waals surface area contributed by atoms with Gasteiger partial charge in [0.15, 0.2) is 0 Å². The fourth-order valence-corrected chi connectivity index (χ4v) is 4.32. The molecule has 1 heterocycles. The summed E-state index contributed by atoms with van der Waals surface area (Å²) in [4.78, 5) is 2.39. The highest BCUT2D eigenvalue weighted by atomic mass is 35.5. The molecule has 3 rings (SSSR count). The van der Waals surface area contributed by atoms with E-state index in [4.69, 9.17) is 11.6 Å². The average molecular weight is 379 g/mol. The lowest BCUT2D eigenvalue weighted by Gasteiger charge is -2.17. The number of benzene rings is 2. The van der Waals surface area contributed by atoms with E-state index < -0.39 is 10.0 Å². The highest BCUT2D eigenvalue weighted by Gasteiger charge is 2.13. The number of hydrogen-bond acceptors (Lipinski definition) is 3. The summed E-state index contributed by atoms with van der Waals surface area (Å²) >= 11 is 5.82. The molecule has 0 unspecified atom stereocenters. The number of sulfonamides is 1. The zero-order valence-corrected chi connectivity index (χ0v) is 15.7. The first-order valence-corrected chi connectivity index (χ1v) is 10.6. The lowest BCUT2D eigenvalue weighted by molar-refractivity contribution is 0.581. The highest BCUT2D eigenvalue weighted by molar-refractivity contribution is 7.88. The van der Waals surface area contributed by atoms with Crippen LogP contribution in [0.5, 0.6) is 0 Å². The summed E-state index contributed by atoms with van der Waals surface area (Å²) in [6.07, 6.45) is 3.20. The van der Waals surface area contributed by atoms with Gasteiger partial charge in [-0.2, -0.15) is 0 Å². The molecule has 2 aromatic carbocycles. The number of hydrogen-bond donors (Lipinski definition) is 1. The summed E-state index contributed by atoms with van der Waals surface area (Å²) < 4.78 is 27.0. The maximum Gasteiger partial charge on any atom is 0.215 e. The van der Waals surface area contributed by atoms with E-state index in [1.165, 1.54) is 18.5 Å². The summed E-state index contributed by atoms with van der Waals surface area (Å²) in [5.74, 6) is -0.0297. The molecule has 6 heteroatoms. The van der Waals surface area contributed by atoms with E-state index in [-0.39, 0.29) is 5.75 Å². The SMILES string of the molecule is O=S(=O)(Cc1ccc(Cl)cc1)NCCc1ccc(N2CCCC2)cc1. The van der Waals surface area contributed by atoms with Crippen LogP contribution in [-0.2, 0) is 22.2 Å². The van der Waals surface area contributed by atoms with E-state index in [1.807, 2.05) is 0 Å². The van der Waals surface area contributed by atoms with Crippen LogP contribution in [0.3, 0.4) is 0 Å². The van der Waals surface area contributed by atoms with E-state index >= 15 is 0 Å². The maximum atomic E-state index is 12.2. The van der Waals surface area contributed by atoms with Crippen molar-refractivity contribution in [3.05, 3.63) is 64.7 Å². The first-order valence-electron chi connectivity index (χ1n) is 8.57. The summed E-state index contributed by atoms with van der Waals surface area (Å²) in [5, 5.41) is 0.603. The molecular formula is C19H23ClN2O2S. The van der Waals surface area contributed by atoms with E-state index in [1.54, 1.807) is 24.3 Å². The number of rotatable bonds is 7. The van der Waals surface area contributed by atoms with Gasteiger partial charge in [-0.1, -0.05) is 35.9 Å². The highest BCUT2D eigenvalue weighted by Crippen LogP contribution is 2.20. The summed E-state index contributed by atoms with van der Waals surface area (Å²) in [6, 6.07) is 15.3. The monoisotopic (exact) mass is 378 g/mol. The Morgan fingerprint density at radius 2 is 1.52 bits per heavy atom. The minimum Gasteiger partial charge on any atom is -0.372 e. The Labute approximate surface area is 154 Å². The van der Waals surface area contributed by atoms with Crippen molar-refractivity contribution in [2.45, 2.75) is 25.0 Å². The smallest absolute Gasteiger partial charge is 0.215 e. The molecule has 1 aliphatic heterocycles. The van der Waals surface area contributed by atoms with Gasteiger partial charge in [-0.15, -0.1) is 0 Å². The minimum atomic E-state index is -3.34. The molecule has 0 aliphatic carbocycles. The van der Waals surface area contributed by atoms with Crippen LogP contribution >= 0.6 is 11.6 Å². The first-order chi connectivity index (χ1) is 12.0. The van der Waals surface area contributed by atoms with Crippen LogP contribution in [0.15, 0.2) is 48.5 Å². The molecule has 0 aromatic heterocycles. The topological polar surface area (TPSA) is 49.4 Å². The van der Waals surface area contributed by atoms with Gasteiger partial charge in [0.25, 0.3) is 0 Å². The van der Waals surface area contributed by atoms with E-state index in [9.17, 15) is 8.42 Å². The molecule has 1 saturated heterocycles. The van der Waals surface area contributed by atoms with E-state index in [2.05, 4.69) is 33.9 Å². The van der Waals surface area contributed by atoms with Crippen LogP contribution < -0.4 is 9.62 Å². The lowest BCUT2D eigenvalue weighted by Crippen LogP contribution is -2.27. The number of halogens is 1. The Morgan fingerprint density at radius 3 is 2.16 bits per heavy atom. The summed E-state index contributed by atoms with van der Waals surface area (Å²) in [6.45, 7) is 2.66. The van der Waals surface area contributed by atoms with Gasteiger partial charge in [-0.3, -0.25) is 0 Å². The van der Waals surface area contributed by atoms with Gasteiger partial charge in [0.05, 0.1) is 5.75 Å². The third kappa shape index (κ3) is 5.46. The van der Waals surface area contributed by atoms with Gasteiger partial charge in [0.2, 0.25) is 10.0 Å². The van der Waals surface area contributed by atoms with Crippen molar-refractivity contribution in [1.29, 1.82) is 0 Å². The van der Waals surface area contributed by atoms with Crippen LogP contribution in [0.2, 0.25) is 5.02 Å². The van der Waals surface area contributed by atoms with Crippen LogP contribution in [-0.4, -0.2) is 28.1 Å². The van der Waals surface area contributed by atoms with Gasteiger partial charge in [-0.25, -0.2) is 13.1 Å². The Hall–Kier alpha value is -1.56. The molecule has 25 heavy (non-hydrogen) atoms. The molecule has 0 spiro atoms. The molecule has 1 fully saturated rings. The Bertz CT molecular complexity index is 783. The van der Waals surface area contributed by atoms with Crippen LogP contribution in [0.4, 0.5) is 5.69 Å². The van der Waals surface area contributed by atoms with Crippen molar-refractivity contribution in [1.82, 2.24) is 4.72 Å². The maximum absolute atomic E-state index is 12.2. The van der Waals surface area contributed by atoms with Crippen molar-refractivity contribution in [3.8, 4) is 0 Å². The fourth-order valence-electron chi connectivity index (χ4n) is 3.05. The van der Waals surface area contributed by atoms with Gasteiger partial charge in [0, 0.05) is 30.3 Å². The number of nitrogens with one attached hydrogen (secondary N) is 1. The molecule has 4 nitrogen and oxygen atoms in total. The zero-order valence-electron chi connectivity index (χ0n) is 14.1. The quantitative estimate of drug-likeness (QED) is 0.800. The fraction of sp³-hybridized carbons (Fsp3) is 0.368. The van der Waals surface area contributed by atoms with Crippen LogP contribution in [0.25, 0.3) is 0 Å². The van der Waals surface area contributed by atoms with E-state index in [0.717, 1.165) is 24.2 Å². The molecule has 0 amide bonds. The normalized spacial score (nSPS) is 14.8. The molecule has 0 bridgehead atoms.